The number of fused-ring (bicyclic) bond motifs is 1. The molecule has 2 heterocycles. The summed E-state index contributed by atoms with van der Waals surface area (Å²) in [4.78, 5) is 12.8. The monoisotopic (exact) mass is 748 g/mol. The Morgan fingerprint density at radius 2 is 1.68 bits per heavy atom. The normalized spacial score (nSPS) is 21.8. The van der Waals surface area contributed by atoms with Crippen LogP contribution in [0.2, 0.25) is 5.04 Å². The Morgan fingerprint density at radius 1 is 0.981 bits per heavy atom. The van der Waals surface area contributed by atoms with E-state index in [4.69, 9.17) is 18.6 Å². The van der Waals surface area contributed by atoms with Crippen molar-refractivity contribution in [2.24, 2.45) is 11.8 Å². The van der Waals surface area contributed by atoms with Gasteiger partial charge in [0.2, 0.25) is 0 Å². The van der Waals surface area contributed by atoms with E-state index in [9.17, 15) is 4.79 Å². The van der Waals surface area contributed by atoms with Gasteiger partial charge in [-0.1, -0.05) is 136 Å². The molecule has 4 aromatic rings. The van der Waals surface area contributed by atoms with E-state index in [-0.39, 0.29) is 41.3 Å². The lowest BCUT2D eigenvalue weighted by atomic mass is 9.89. The molecule has 2 aliphatic rings. The highest BCUT2D eigenvalue weighted by molar-refractivity contribution is 7.19. The van der Waals surface area contributed by atoms with Gasteiger partial charge < -0.3 is 18.6 Å². The Hall–Kier alpha value is -3.59. The fourth-order valence-electron chi connectivity index (χ4n) is 8.08. The standard InChI is InChI=1S/C46H56O5SSi/c1-34-32-41(50-45-28-18-19-31-49-45)39(38(34)25-14-6-7-15-27-44(47)48-5)29-30-40(43-33-35-20-16-17-26-42(35)52-43)51-53(46(2,3)4,36-21-10-8-11-22-36)37-23-12-9-13-24-37/h6,8-14,16-17,20-24,26,29-30,33,38-41,45H,1,7,15,18-19,25,27-28,31-32H2,2-5H3/t38-,39+,40?,41+,45?/m0/s1. The first-order valence-electron chi connectivity index (χ1n) is 19.3. The van der Waals surface area contributed by atoms with Gasteiger partial charge >= 0.3 is 5.97 Å². The summed E-state index contributed by atoms with van der Waals surface area (Å²) >= 11 is 1.82. The van der Waals surface area contributed by atoms with Crippen molar-refractivity contribution in [1.82, 2.24) is 0 Å². The Balaban J connectivity index is 1.39. The molecule has 7 heteroatoms. The van der Waals surface area contributed by atoms with Crippen molar-refractivity contribution in [2.75, 3.05) is 13.7 Å². The van der Waals surface area contributed by atoms with Crippen molar-refractivity contribution in [3.63, 3.8) is 0 Å². The van der Waals surface area contributed by atoms with Gasteiger partial charge in [0.1, 0.15) is 0 Å². The molecule has 6 rings (SSSR count). The Morgan fingerprint density at radius 3 is 2.32 bits per heavy atom. The minimum absolute atomic E-state index is 0.0319. The van der Waals surface area contributed by atoms with E-state index in [2.05, 4.69) is 143 Å². The molecule has 0 spiro atoms. The van der Waals surface area contributed by atoms with Crippen molar-refractivity contribution in [2.45, 2.75) is 95.7 Å². The smallest absolute Gasteiger partial charge is 0.305 e. The van der Waals surface area contributed by atoms with Crippen molar-refractivity contribution in [3.8, 4) is 0 Å². The van der Waals surface area contributed by atoms with Gasteiger partial charge in [-0.3, -0.25) is 4.79 Å². The molecule has 280 valence electrons. The SMILES string of the molecule is C=C1C[C@@H](OC2CCCCO2)[C@H](C=CC(O[Si](c2ccccc2)(c2ccccc2)C(C)(C)C)c2cc3ccccc3s2)[C@H]1CC=CCCCC(=O)OC. The number of hydrogen-bond donors (Lipinski definition) is 0. The van der Waals surface area contributed by atoms with Crippen LogP contribution >= 0.6 is 11.3 Å². The van der Waals surface area contributed by atoms with Crippen LogP contribution in [0.15, 0.2) is 127 Å². The van der Waals surface area contributed by atoms with Gasteiger partial charge in [0.25, 0.3) is 8.32 Å². The Bertz CT molecular complexity index is 1760. The van der Waals surface area contributed by atoms with Crippen LogP contribution in [0.1, 0.15) is 83.1 Å². The first-order valence-corrected chi connectivity index (χ1v) is 22.0. The molecule has 5 atom stereocenters. The second-order valence-corrected chi connectivity index (χ2v) is 20.8. The van der Waals surface area contributed by atoms with E-state index in [1.165, 1.54) is 38.0 Å². The maximum atomic E-state index is 11.6. The summed E-state index contributed by atoms with van der Waals surface area (Å²) in [6, 6.07) is 32.8. The molecule has 1 aliphatic carbocycles. The van der Waals surface area contributed by atoms with E-state index >= 15 is 0 Å². The molecule has 0 N–H and O–H groups in total. The highest BCUT2D eigenvalue weighted by Crippen LogP contribution is 2.45. The minimum atomic E-state index is -2.91. The summed E-state index contributed by atoms with van der Waals surface area (Å²) < 4.78 is 26.8. The summed E-state index contributed by atoms with van der Waals surface area (Å²) in [7, 11) is -1.46. The molecule has 0 amide bonds. The fourth-order valence-corrected chi connectivity index (χ4v) is 13.8. The maximum Gasteiger partial charge on any atom is 0.305 e. The van der Waals surface area contributed by atoms with E-state index in [0.29, 0.717) is 6.42 Å². The molecule has 1 saturated carbocycles. The predicted molar refractivity (Wildman–Crippen MR) is 221 cm³/mol. The van der Waals surface area contributed by atoms with Crippen LogP contribution in [0.5, 0.6) is 0 Å². The molecule has 2 fully saturated rings. The third-order valence-electron chi connectivity index (χ3n) is 10.8. The molecule has 0 radical (unpaired) electrons. The Kier molecular flexibility index (Phi) is 13.4. The van der Waals surface area contributed by atoms with E-state index in [1.54, 1.807) is 0 Å². The van der Waals surface area contributed by atoms with Crippen LogP contribution in [0.4, 0.5) is 0 Å². The van der Waals surface area contributed by atoms with Crippen LogP contribution in [-0.4, -0.2) is 40.4 Å². The van der Waals surface area contributed by atoms with Gasteiger partial charge in [0, 0.05) is 28.5 Å². The van der Waals surface area contributed by atoms with Crippen molar-refractivity contribution in [1.29, 1.82) is 0 Å². The molecular weight excluding hydrogens is 693 g/mol. The van der Waals surface area contributed by atoms with E-state index in [1.807, 2.05) is 11.3 Å². The first-order chi connectivity index (χ1) is 25.7. The predicted octanol–water partition coefficient (Wildman–Crippen LogP) is 10.5. The minimum Gasteiger partial charge on any atom is -0.469 e. The number of benzene rings is 3. The second kappa shape index (κ2) is 18.2. The average Bonchev–Trinajstić information content (AvgIpc) is 3.73. The molecule has 1 saturated heterocycles. The number of thiophene rings is 1. The lowest BCUT2D eigenvalue weighted by molar-refractivity contribution is -0.192. The number of carbonyl (C=O) groups is 1. The molecule has 1 aromatic heterocycles. The highest BCUT2D eigenvalue weighted by atomic mass is 32.1. The fraction of sp³-hybridized carbons (Fsp3) is 0.413. The lowest BCUT2D eigenvalue weighted by Gasteiger charge is -2.44. The lowest BCUT2D eigenvalue weighted by Crippen LogP contribution is -2.66. The number of esters is 1. The number of unbranched alkanes of at least 4 members (excludes halogenated alkanes) is 1. The molecular formula is C46H56O5SSi. The summed E-state index contributed by atoms with van der Waals surface area (Å²) in [6.45, 7) is 12.4. The average molecular weight is 749 g/mol. The van der Waals surface area contributed by atoms with Gasteiger partial charge in [-0.15, -0.1) is 11.3 Å². The van der Waals surface area contributed by atoms with Crippen molar-refractivity contribution in [3.05, 3.63) is 132 Å². The number of hydrogen-bond acceptors (Lipinski definition) is 6. The Labute approximate surface area is 321 Å². The van der Waals surface area contributed by atoms with E-state index in [0.717, 1.165) is 51.6 Å². The van der Waals surface area contributed by atoms with Crippen LogP contribution < -0.4 is 10.4 Å². The summed E-state index contributed by atoms with van der Waals surface area (Å²) in [5.41, 5.74) is 1.21. The first kappa shape index (κ1) is 39.1. The summed E-state index contributed by atoms with van der Waals surface area (Å²) in [5, 5.41) is 3.58. The van der Waals surface area contributed by atoms with E-state index < -0.39 is 8.32 Å². The van der Waals surface area contributed by atoms with Crippen molar-refractivity contribution >= 4 is 46.1 Å². The molecule has 0 bridgehead atoms. The van der Waals surface area contributed by atoms with Crippen LogP contribution in [0.25, 0.3) is 10.1 Å². The topological polar surface area (TPSA) is 54.0 Å². The number of methoxy groups -OCH3 is 1. The molecule has 53 heavy (non-hydrogen) atoms. The van der Waals surface area contributed by atoms with Gasteiger partial charge in [-0.05, 0) is 83.8 Å². The zero-order valence-electron chi connectivity index (χ0n) is 31.9. The van der Waals surface area contributed by atoms with Crippen LogP contribution in [0, 0.1) is 11.8 Å². The van der Waals surface area contributed by atoms with Crippen molar-refractivity contribution < 1.29 is 23.4 Å². The van der Waals surface area contributed by atoms with Crippen LogP contribution in [-0.2, 0) is 23.4 Å². The van der Waals surface area contributed by atoms with Gasteiger partial charge in [0.05, 0.1) is 19.3 Å². The quantitative estimate of drug-likeness (QED) is 0.0524. The summed E-state index contributed by atoms with van der Waals surface area (Å²) in [6.07, 6.45) is 15.5. The van der Waals surface area contributed by atoms with Crippen LogP contribution in [0.3, 0.4) is 0 Å². The van der Waals surface area contributed by atoms with Gasteiger partial charge in [-0.25, -0.2) is 0 Å². The third-order valence-corrected chi connectivity index (χ3v) is 17.0. The number of carbonyl (C=O) groups excluding carboxylic acids is 1. The number of rotatable bonds is 15. The number of ether oxygens (including phenoxy) is 3. The molecule has 1 aliphatic heterocycles. The molecule has 2 unspecified atom stereocenters. The highest BCUT2D eigenvalue weighted by Gasteiger charge is 2.51. The summed E-state index contributed by atoms with van der Waals surface area (Å²) in [5.74, 6) is 0.158. The second-order valence-electron chi connectivity index (χ2n) is 15.5. The van der Waals surface area contributed by atoms with Gasteiger partial charge in [-0.2, -0.15) is 0 Å². The molecule has 3 aromatic carbocycles. The maximum absolute atomic E-state index is 11.6. The van der Waals surface area contributed by atoms with Gasteiger partial charge in [0.15, 0.2) is 6.29 Å². The third kappa shape index (κ3) is 9.38. The molecule has 5 nitrogen and oxygen atoms in total. The number of allylic oxidation sites excluding steroid dienone is 2. The largest absolute Gasteiger partial charge is 0.469 e. The zero-order chi connectivity index (χ0) is 37.3. The zero-order valence-corrected chi connectivity index (χ0v) is 33.7.